The zero-order valence-corrected chi connectivity index (χ0v) is 10.9. The largest absolute Gasteiger partial charge is 0.506 e. The molecule has 0 saturated carbocycles. The summed E-state index contributed by atoms with van der Waals surface area (Å²) >= 11 is 3.25. The van der Waals surface area contributed by atoms with E-state index in [0.29, 0.717) is 28.1 Å². The molecule has 0 spiro atoms. The quantitative estimate of drug-likeness (QED) is 0.811. The average molecular weight is 292 g/mol. The van der Waals surface area contributed by atoms with Gasteiger partial charge in [-0.15, -0.1) is 0 Å². The Bertz CT molecular complexity index is 370. The molecule has 1 rings (SSSR count). The number of phenolic OH excluding ortho intramolecular Hbond substituents is 1. The minimum Gasteiger partial charge on any atom is -0.506 e. The predicted molar refractivity (Wildman–Crippen MR) is 62.8 cm³/mol. The molecule has 5 nitrogen and oxygen atoms in total. The van der Waals surface area contributed by atoms with Crippen molar-refractivity contribution in [3.05, 3.63) is 16.1 Å². The highest BCUT2D eigenvalue weighted by molar-refractivity contribution is 9.10. The van der Waals surface area contributed by atoms with Gasteiger partial charge in [-0.05, 0) is 22.0 Å². The molecular weight excluding hydrogens is 278 g/mol. The number of phenols is 1. The highest BCUT2D eigenvalue weighted by Gasteiger charge is 2.16. The summed E-state index contributed by atoms with van der Waals surface area (Å²) in [6, 6.07) is 1.69. The molecule has 0 heterocycles. The van der Waals surface area contributed by atoms with Crippen LogP contribution in [0, 0.1) is 0 Å². The molecule has 0 radical (unpaired) electrons. The van der Waals surface area contributed by atoms with Crippen LogP contribution in [0.1, 0.15) is 5.56 Å². The molecule has 0 atom stereocenters. The van der Waals surface area contributed by atoms with Gasteiger partial charge in [0.15, 0.2) is 11.5 Å². The van der Waals surface area contributed by atoms with Crippen molar-refractivity contribution < 1.29 is 19.4 Å². The molecule has 0 unspecified atom stereocenters. The van der Waals surface area contributed by atoms with Crippen LogP contribution >= 0.6 is 15.9 Å². The standard InChI is InChI=1S/C10H14BrNO4/c1-14-7-4-6(5-12-16-3)9(13)8(11)10(7)15-2/h4,12-13H,5H2,1-3H3. The molecule has 90 valence electrons. The average Bonchev–Trinajstić information content (AvgIpc) is 2.30. The molecule has 2 N–H and O–H groups in total. The van der Waals surface area contributed by atoms with Crippen molar-refractivity contribution in [2.75, 3.05) is 21.3 Å². The monoisotopic (exact) mass is 291 g/mol. The van der Waals surface area contributed by atoms with Gasteiger partial charge in [0.25, 0.3) is 0 Å². The summed E-state index contributed by atoms with van der Waals surface area (Å²) in [6.45, 7) is 0.362. The van der Waals surface area contributed by atoms with Gasteiger partial charge < -0.3 is 19.4 Å². The van der Waals surface area contributed by atoms with Crippen molar-refractivity contribution in [3.63, 3.8) is 0 Å². The van der Waals surface area contributed by atoms with Crippen LogP contribution in [0.4, 0.5) is 0 Å². The first kappa shape index (κ1) is 13.1. The molecule has 0 fully saturated rings. The van der Waals surface area contributed by atoms with Crippen LogP contribution in [0.3, 0.4) is 0 Å². The molecular formula is C10H14BrNO4. The van der Waals surface area contributed by atoms with E-state index in [1.807, 2.05) is 0 Å². The Morgan fingerprint density at radius 1 is 1.31 bits per heavy atom. The number of nitrogens with one attached hydrogen (secondary N) is 1. The first-order valence-electron chi connectivity index (χ1n) is 4.53. The van der Waals surface area contributed by atoms with Gasteiger partial charge in [0.05, 0.1) is 21.3 Å². The van der Waals surface area contributed by atoms with E-state index >= 15 is 0 Å². The fourth-order valence-electron chi connectivity index (χ4n) is 1.28. The Kier molecular flexibility index (Phi) is 4.85. The van der Waals surface area contributed by atoms with Gasteiger partial charge in [-0.1, -0.05) is 0 Å². The molecule has 0 bridgehead atoms. The lowest BCUT2D eigenvalue weighted by atomic mass is 10.1. The highest BCUT2D eigenvalue weighted by atomic mass is 79.9. The topological polar surface area (TPSA) is 60.0 Å². The number of hydrogen-bond donors (Lipinski definition) is 2. The summed E-state index contributed by atoms with van der Waals surface area (Å²) in [4.78, 5) is 4.72. The Morgan fingerprint density at radius 3 is 2.50 bits per heavy atom. The summed E-state index contributed by atoms with van der Waals surface area (Å²) in [7, 11) is 4.55. The van der Waals surface area contributed by atoms with Crippen molar-refractivity contribution in [2.45, 2.75) is 6.54 Å². The molecule has 0 saturated heterocycles. The van der Waals surface area contributed by atoms with Gasteiger partial charge in [0, 0.05) is 12.1 Å². The number of benzene rings is 1. The van der Waals surface area contributed by atoms with E-state index < -0.39 is 0 Å². The van der Waals surface area contributed by atoms with E-state index in [1.165, 1.54) is 21.3 Å². The molecule has 0 amide bonds. The van der Waals surface area contributed by atoms with Crippen molar-refractivity contribution >= 4 is 15.9 Å². The number of rotatable bonds is 5. The third-order valence-electron chi connectivity index (χ3n) is 2.07. The molecule has 0 aromatic heterocycles. The normalized spacial score (nSPS) is 10.2. The maximum Gasteiger partial charge on any atom is 0.178 e. The minimum atomic E-state index is 0.0993. The third kappa shape index (κ3) is 2.58. The zero-order chi connectivity index (χ0) is 12.1. The summed E-state index contributed by atoms with van der Waals surface area (Å²) in [6.07, 6.45) is 0. The Morgan fingerprint density at radius 2 is 2.00 bits per heavy atom. The molecule has 0 aliphatic heterocycles. The van der Waals surface area contributed by atoms with Gasteiger partial charge in [-0.25, -0.2) is 0 Å². The van der Waals surface area contributed by atoms with Crippen LogP contribution in [0.5, 0.6) is 17.2 Å². The van der Waals surface area contributed by atoms with E-state index in [-0.39, 0.29) is 5.75 Å². The number of hydrogen-bond acceptors (Lipinski definition) is 5. The van der Waals surface area contributed by atoms with Gasteiger partial charge in [-0.3, -0.25) is 0 Å². The van der Waals surface area contributed by atoms with Gasteiger partial charge >= 0.3 is 0 Å². The Balaban J connectivity index is 3.16. The fraction of sp³-hybridized carbons (Fsp3) is 0.400. The van der Waals surface area contributed by atoms with Crippen molar-refractivity contribution in [1.29, 1.82) is 0 Å². The molecule has 0 aliphatic rings. The Labute approximate surface area is 102 Å². The van der Waals surface area contributed by atoms with Crippen LogP contribution in [0.2, 0.25) is 0 Å². The maximum absolute atomic E-state index is 9.88. The molecule has 1 aromatic carbocycles. The summed E-state index contributed by atoms with van der Waals surface area (Å²) in [5, 5.41) is 9.88. The lowest BCUT2D eigenvalue weighted by molar-refractivity contribution is 0.0860. The fourth-order valence-corrected chi connectivity index (χ4v) is 1.89. The lowest BCUT2D eigenvalue weighted by Gasteiger charge is -2.14. The van der Waals surface area contributed by atoms with Gasteiger partial charge in [-0.2, -0.15) is 5.48 Å². The van der Waals surface area contributed by atoms with Crippen LogP contribution in [-0.4, -0.2) is 26.4 Å². The van der Waals surface area contributed by atoms with E-state index in [9.17, 15) is 5.11 Å². The predicted octanol–water partition coefficient (Wildman–Crippen LogP) is 1.82. The van der Waals surface area contributed by atoms with E-state index in [2.05, 4.69) is 21.4 Å². The van der Waals surface area contributed by atoms with Gasteiger partial charge in [0.1, 0.15) is 10.2 Å². The van der Waals surface area contributed by atoms with Gasteiger partial charge in [0.2, 0.25) is 0 Å². The number of methoxy groups -OCH3 is 2. The number of hydroxylamine groups is 1. The Hall–Kier alpha value is -0.980. The molecule has 16 heavy (non-hydrogen) atoms. The summed E-state index contributed by atoms with van der Waals surface area (Å²) in [5.74, 6) is 1.10. The van der Waals surface area contributed by atoms with Crippen molar-refractivity contribution in [2.24, 2.45) is 0 Å². The van der Waals surface area contributed by atoms with Crippen LogP contribution in [0.25, 0.3) is 0 Å². The first-order chi connectivity index (χ1) is 7.65. The number of halogens is 1. The van der Waals surface area contributed by atoms with E-state index in [0.717, 1.165) is 0 Å². The molecule has 0 aliphatic carbocycles. The number of ether oxygens (including phenoxy) is 2. The first-order valence-corrected chi connectivity index (χ1v) is 5.33. The summed E-state index contributed by atoms with van der Waals surface area (Å²) in [5.41, 5.74) is 3.29. The van der Waals surface area contributed by atoms with E-state index in [4.69, 9.17) is 14.3 Å². The second kappa shape index (κ2) is 5.93. The molecule has 6 heteroatoms. The highest BCUT2D eigenvalue weighted by Crippen LogP contribution is 2.43. The minimum absolute atomic E-state index is 0.0993. The number of aromatic hydroxyl groups is 1. The lowest BCUT2D eigenvalue weighted by Crippen LogP contribution is -2.11. The van der Waals surface area contributed by atoms with E-state index in [1.54, 1.807) is 6.07 Å². The van der Waals surface area contributed by atoms with Crippen molar-refractivity contribution in [3.8, 4) is 17.2 Å². The second-order valence-corrected chi connectivity index (χ2v) is 3.75. The summed E-state index contributed by atoms with van der Waals surface area (Å²) < 4.78 is 10.7. The molecule has 1 aromatic rings. The SMILES string of the molecule is CONCc1cc(OC)c(OC)c(Br)c1O. The third-order valence-corrected chi connectivity index (χ3v) is 2.81. The van der Waals surface area contributed by atoms with Crippen LogP contribution < -0.4 is 15.0 Å². The smallest absolute Gasteiger partial charge is 0.178 e. The van der Waals surface area contributed by atoms with Crippen molar-refractivity contribution in [1.82, 2.24) is 5.48 Å². The zero-order valence-electron chi connectivity index (χ0n) is 9.33. The maximum atomic E-state index is 9.88. The second-order valence-electron chi connectivity index (χ2n) is 2.96. The van der Waals surface area contributed by atoms with Crippen LogP contribution in [-0.2, 0) is 11.4 Å². The van der Waals surface area contributed by atoms with Crippen LogP contribution in [0.15, 0.2) is 10.5 Å².